The third kappa shape index (κ3) is 1.92. The number of aliphatic hydroxyl groups is 3. The van der Waals surface area contributed by atoms with E-state index in [-0.39, 0.29) is 6.04 Å². The standard InChI is InChI=1S/C17H17NO3/c19-17(20,21)18-9-8-11-5-3-7-14-13-6-2-1-4-12(13)10-15(18)16(11)14/h1-7,15,19-21H,8-10H2. The topological polar surface area (TPSA) is 63.9 Å². The molecule has 2 aromatic rings. The Balaban J connectivity index is 1.94. The van der Waals surface area contributed by atoms with Crippen LogP contribution in [0.15, 0.2) is 42.5 Å². The van der Waals surface area contributed by atoms with Crippen molar-refractivity contribution in [3.05, 3.63) is 59.2 Å². The van der Waals surface area contributed by atoms with Gasteiger partial charge in [0.05, 0.1) is 0 Å². The first kappa shape index (κ1) is 13.0. The Hall–Kier alpha value is -1.72. The molecular formula is C17H17NO3. The summed E-state index contributed by atoms with van der Waals surface area (Å²) in [5.41, 5.74) is 5.85. The van der Waals surface area contributed by atoms with E-state index in [1.807, 2.05) is 18.2 Å². The average Bonchev–Trinajstić information content (AvgIpc) is 2.46. The maximum absolute atomic E-state index is 9.67. The van der Waals surface area contributed by atoms with Gasteiger partial charge in [-0.3, -0.25) is 0 Å². The Labute approximate surface area is 122 Å². The molecule has 21 heavy (non-hydrogen) atoms. The summed E-state index contributed by atoms with van der Waals surface area (Å²) in [5, 5.41) is 29.0. The van der Waals surface area contributed by atoms with Crippen molar-refractivity contribution in [1.29, 1.82) is 0 Å². The number of nitrogens with zero attached hydrogens (tertiary/aromatic N) is 1. The second kappa shape index (κ2) is 4.39. The van der Waals surface area contributed by atoms with Gasteiger partial charge in [-0.05, 0) is 40.7 Å². The molecule has 1 atom stereocenters. The van der Waals surface area contributed by atoms with E-state index in [0.29, 0.717) is 19.4 Å². The van der Waals surface area contributed by atoms with Crippen LogP contribution in [-0.4, -0.2) is 32.9 Å². The van der Waals surface area contributed by atoms with Gasteiger partial charge in [0.2, 0.25) is 0 Å². The molecule has 2 aromatic carbocycles. The molecule has 0 saturated heterocycles. The molecule has 0 radical (unpaired) electrons. The van der Waals surface area contributed by atoms with E-state index in [4.69, 9.17) is 0 Å². The number of rotatable bonds is 1. The zero-order chi connectivity index (χ0) is 14.6. The highest BCUT2D eigenvalue weighted by Gasteiger charge is 2.42. The number of fused-ring (bicyclic) bond motifs is 2. The Kier molecular flexibility index (Phi) is 2.71. The van der Waals surface area contributed by atoms with Crippen LogP contribution in [0.3, 0.4) is 0 Å². The van der Waals surface area contributed by atoms with Gasteiger partial charge >= 0.3 is 6.10 Å². The minimum Gasteiger partial charge on any atom is -0.330 e. The van der Waals surface area contributed by atoms with E-state index in [0.717, 1.165) is 11.1 Å². The lowest BCUT2D eigenvalue weighted by Gasteiger charge is -2.44. The predicted octanol–water partition coefficient (Wildman–Crippen LogP) is 1.40. The van der Waals surface area contributed by atoms with Crippen LogP contribution in [0.2, 0.25) is 0 Å². The second-order valence-corrected chi connectivity index (χ2v) is 5.80. The van der Waals surface area contributed by atoms with Crippen molar-refractivity contribution < 1.29 is 15.3 Å². The smallest absolute Gasteiger partial charge is 0.330 e. The van der Waals surface area contributed by atoms with Crippen molar-refractivity contribution in [3.8, 4) is 11.1 Å². The Morgan fingerprint density at radius 2 is 1.62 bits per heavy atom. The largest absolute Gasteiger partial charge is 0.346 e. The van der Waals surface area contributed by atoms with Gasteiger partial charge in [-0.25, -0.2) is 4.90 Å². The molecule has 4 heteroatoms. The number of hydrogen-bond donors (Lipinski definition) is 3. The molecule has 0 amide bonds. The van der Waals surface area contributed by atoms with Crippen LogP contribution in [0.4, 0.5) is 0 Å². The molecule has 1 heterocycles. The Morgan fingerprint density at radius 3 is 2.43 bits per heavy atom. The zero-order valence-corrected chi connectivity index (χ0v) is 11.5. The molecule has 2 aliphatic rings. The summed E-state index contributed by atoms with van der Waals surface area (Å²) >= 11 is 0. The average molecular weight is 283 g/mol. The first-order chi connectivity index (χ1) is 10.1. The predicted molar refractivity (Wildman–Crippen MR) is 78.1 cm³/mol. The van der Waals surface area contributed by atoms with Crippen LogP contribution >= 0.6 is 0 Å². The highest BCUT2D eigenvalue weighted by atomic mass is 16.7. The molecule has 1 aliphatic heterocycles. The van der Waals surface area contributed by atoms with Gasteiger partial charge in [-0.1, -0.05) is 42.5 Å². The van der Waals surface area contributed by atoms with Crippen molar-refractivity contribution in [3.63, 3.8) is 0 Å². The van der Waals surface area contributed by atoms with E-state index < -0.39 is 6.10 Å². The van der Waals surface area contributed by atoms with Gasteiger partial charge in [-0.2, -0.15) is 0 Å². The van der Waals surface area contributed by atoms with Crippen LogP contribution < -0.4 is 0 Å². The third-order valence-electron chi connectivity index (χ3n) is 4.63. The van der Waals surface area contributed by atoms with Crippen LogP contribution in [0, 0.1) is 0 Å². The fraction of sp³-hybridized carbons (Fsp3) is 0.294. The van der Waals surface area contributed by atoms with Gasteiger partial charge < -0.3 is 15.3 Å². The van der Waals surface area contributed by atoms with Gasteiger partial charge in [0.25, 0.3) is 0 Å². The first-order valence-electron chi connectivity index (χ1n) is 7.19. The fourth-order valence-electron chi connectivity index (χ4n) is 3.75. The minimum atomic E-state index is -2.78. The maximum Gasteiger partial charge on any atom is 0.346 e. The van der Waals surface area contributed by atoms with Gasteiger partial charge in [0.15, 0.2) is 0 Å². The fourth-order valence-corrected chi connectivity index (χ4v) is 3.75. The lowest BCUT2D eigenvalue weighted by atomic mass is 9.77. The molecule has 0 fully saturated rings. The number of benzene rings is 2. The molecule has 108 valence electrons. The molecule has 4 nitrogen and oxygen atoms in total. The highest BCUT2D eigenvalue weighted by molar-refractivity contribution is 5.75. The lowest BCUT2D eigenvalue weighted by molar-refractivity contribution is -0.402. The van der Waals surface area contributed by atoms with Crippen LogP contribution in [0.1, 0.15) is 22.7 Å². The van der Waals surface area contributed by atoms with Crippen molar-refractivity contribution in [2.75, 3.05) is 6.54 Å². The first-order valence-corrected chi connectivity index (χ1v) is 7.19. The summed E-state index contributed by atoms with van der Waals surface area (Å²) < 4.78 is 0. The Bertz CT molecular complexity index is 705. The monoisotopic (exact) mass is 283 g/mol. The molecule has 0 aromatic heterocycles. The molecule has 4 rings (SSSR count). The summed E-state index contributed by atoms with van der Waals surface area (Å²) in [5.74, 6) is 0. The highest BCUT2D eigenvalue weighted by Crippen LogP contribution is 2.45. The number of hydrogen-bond acceptors (Lipinski definition) is 4. The van der Waals surface area contributed by atoms with Gasteiger partial charge in [0, 0.05) is 12.6 Å². The molecule has 0 saturated carbocycles. The lowest BCUT2D eigenvalue weighted by Crippen LogP contribution is -2.54. The normalized spacial score (nSPS) is 20.8. The minimum absolute atomic E-state index is 0.208. The second-order valence-electron chi connectivity index (χ2n) is 5.80. The van der Waals surface area contributed by atoms with Crippen molar-refractivity contribution in [2.24, 2.45) is 0 Å². The quantitative estimate of drug-likeness (QED) is 0.692. The molecule has 3 N–H and O–H groups in total. The van der Waals surface area contributed by atoms with Crippen molar-refractivity contribution in [2.45, 2.75) is 25.0 Å². The van der Waals surface area contributed by atoms with E-state index in [2.05, 4.69) is 24.3 Å². The summed E-state index contributed by atoms with van der Waals surface area (Å²) in [6.45, 7) is 0.423. The summed E-state index contributed by atoms with van der Waals surface area (Å²) in [6.07, 6.45) is -1.41. The van der Waals surface area contributed by atoms with E-state index in [9.17, 15) is 15.3 Å². The third-order valence-corrected chi connectivity index (χ3v) is 4.63. The van der Waals surface area contributed by atoms with Crippen LogP contribution in [0.25, 0.3) is 11.1 Å². The molecule has 1 unspecified atom stereocenters. The molecule has 1 aliphatic carbocycles. The van der Waals surface area contributed by atoms with Crippen LogP contribution in [0.5, 0.6) is 0 Å². The summed E-state index contributed by atoms with van der Waals surface area (Å²) in [6, 6.07) is 14.2. The summed E-state index contributed by atoms with van der Waals surface area (Å²) in [7, 11) is 0. The van der Waals surface area contributed by atoms with Crippen molar-refractivity contribution in [1.82, 2.24) is 4.90 Å². The molecular weight excluding hydrogens is 266 g/mol. The SMILES string of the molecule is OC(O)(O)N1CCc2cccc3c2C1Cc1ccccc1-3. The zero-order valence-electron chi connectivity index (χ0n) is 11.5. The molecule has 0 bridgehead atoms. The Morgan fingerprint density at radius 1 is 0.905 bits per heavy atom. The maximum atomic E-state index is 9.67. The van der Waals surface area contributed by atoms with Gasteiger partial charge in [0.1, 0.15) is 0 Å². The van der Waals surface area contributed by atoms with E-state index in [1.165, 1.54) is 21.6 Å². The van der Waals surface area contributed by atoms with Crippen molar-refractivity contribution >= 4 is 0 Å². The summed E-state index contributed by atoms with van der Waals surface area (Å²) in [4.78, 5) is 1.37. The van der Waals surface area contributed by atoms with Gasteiger partial charge in [-0.15, -0.1) is 0 Å². The van der Waals surface area contributed by atoms with E-state index >= 15 is 0 Å². The van der Waals surface area contributed by atoms with E-state index in [1.54, 1.807) is 0 Å². The molecule has 0 spiro atoms. The van der Waals surface area contributed by atoms with Crippen LogP contribution in [-0.2, 0) is 12.8 Å².